The lowest BCUT2D eigenvalue weighted by Gasteiger charge is -2.35. The Labute approximate surface area is 161 Å². The van der Waals surface area contributed by atoms with Crippen molar-refractivity contribution in [3.63, 3.8) is 0 Å². The molecule has 8 heteroatoms. The number of piperazine rings is 1. The molecule has 3 rings (SSSR count). The predicted octanol–water partition coefficient (Wildman–Crippen LogP) is 1.92. The second-order valence-corrected chi connectivity index (χ2v) is 9.22. The van der Waals surface area contributed by atoms with Crippen molar-refractivity contribution in [3.8, 4) is 0 Å². The van der Waals surface area contributed by atoms with E-state index in [-0.39, 0.29) is 23.9 Å². The lowest BCUT2D eigenvalue weighted by atomic mass is 10.1. The van der Waals surface area contributed by atoms with Crippen molar-refractivity contribution in [2.75, 3.05) is 45.8 Å². The highest BCUT2D eigenvalue weighted by Crippen LogP contribution is 2.18. The minimum absolute atomic E-state index is 0.0782. The van der Waals surface area contributed by atoms with Gasteiger partial charge in [0, 0.05) is 26.2 Å². The number of carbonyl (C=O) groups is 1. The Balaban J connectivity index is 1.53. The summed E-state index contributed by atoms with van der Waals surface area (Å²) in [7, 11) is -3.65. The third kappa shape index (κ3) is 5.27. The number of benzene rings is 1. The summed E-state index contributed by atoms with van der Waals surface area (Å²) in [6.07, 6.45) is 6.01. The lowest BCUT2D eigenvalue weighted by Crippen LogP contribution is -2.52. The molecule has 2 saturated heterocycles. The summed E-state index contributed by atoms with van der Waals surface area (Å²) in [5.74, 6) is -0.386. The van der Waals surface area contributed by atoms with Crippen LogP contribution in [0.1, 0.15) is 32.1 Å². The first-order chi connectivity index (χ1) is 13.0. The summed E-state index contributed by atoms with van der Waals surface area (Å²) in [4.78, 5) is 16.7. The zero-order chi connectivity index (χ0) is 19.3. The number of hydrogen-bond acceptors (Lipinski definition) is 4. The molecule has 6 nitrogen and oxygen atoms in total. The van der Waals surface area contributed by atoms with Gasteiger partial charge < -0.3 is 4.90 Å². The van der Waals surface area contributed by atoms with Crippen molar-refractivity contribution in [1.82, 2.24) is 14.1 Å². The summed E-state index contributed by atoms with van der Waals surface area (Å²) in [6.45, 7) is 3.68. The molecule has 150 valence electrons. The van der Waals surface area contributed by atoms with Crippen LogP contribution in [-0.2, 0) is 14.8 Å². The predicted molar refractivity (Wildman–Crippen MR) is 101 cm³/mol. The molecule has 2 fully saturated rings. The first-order valence-electron chi connectivity index (χ1n) is 9.73. The van der Waals surface area contributed by atoms with E-state index in [4.69, 9.17) is 0 Å². The SMILES string of the molecule is O=C(CN1CCCCCCC1)N1CCN(S(=O)(=O)c2ccc(F)cc2)CC1. The molecule has 2 aliphatic rings. The first kappa shape index (κ1) is 20.2. The van der Waals surface area contributed by atoms with Gasteiger partial charge in [0.2, 0.25) is 15.9 Å². The fourth-order valence-corrected chi connectivity index (χ4v) is 5.12. The molecule has 27 heavy (non-hydrogen) atoms. The van der Waals surface area contributed by atoms with Gasteiger partial charge in [-0.05, 0) is 50.2 Å². The van der Waals surface area contributed by atoms with E-state index >= 15 is 0 Å². The van der Waals surface area contributed by atoms with Crippen LogP contribution in [0.25, 0.3) is 0 Å². The quantitative estimate of drug-likeness (QED) is 0.779. The van der Waals surface area contributed by atoms with E-state index in [1.54, 1.807) is 4.90 Å². The van der Waals surface area contributed by atoms with Crippen LogP contribution in [0.4, 0.5) is 4.39 Å². The molecule has 0 bridgehead atoms. The van der Waals surface area contributed by atoms with Crippen LogP contribution in [0.2, 0.25) is 0 Å². The number of sulfonamides is 1. The summed E-state index contributed by atoms with van der Waals surface area (Å²) in [6, 6.07) is 4.86. The Kier molecular flexibility index (Phi) is 6.83. The molecule has 0 aliphatic carbocycles. The minimum atomic E-state index is -3.65. The number of amides is 1. The van der Waals surface area contributed by atoms with Gasteiger partial charge in [-0.1, -0.05) is 19.3 Å². The van der Waals surface area contributed by atoms with Crippen LogP contribution < -0.4 is 0 Å². The molecule has 1 amide bonds. The number of halogens is 1. The third-order valence-electron chi connectivity index (χ3n) is 5.35. The topological polar surface area (TPSA) is 60.9 Å². The van der Waals surface area contributed by atoms with Crippen LogP contribution in [-0.4, -0.2) is 74.2 Å². The zero-order valence-electron chi connectivity index (χ0n) is 15.6. The largest absolute Gasteiger partial charge is 0.339 e. The molecule has 1 aromatic rings. The molecule has 0 saturated carbocycles. The van der Waals surface area contributed by atoms with Crippen molar-refractivity contribution in [1.29, 1.82) is 0 Å². The van der Waals surface area contributed by atoms with Gasteiger partial charge in [-0.15, -0.1) is 0 Å². The molecular weight excluding hydrogens is 369 g/mol. The van der Waals surface area contributed by atoms with Crippen molar-refractivity contribution >= 4 is 15.9 Å². The van der Waals surface area contributed by atoms with Crippen LogP contribution in [0.15, 0.2) is 29.2 Å². The molecule has 0 radical (unpaired) electrons. The molecule has 0 aromatic heterocycles. The molecule has 0 unspecified atom stereocenters. The van der Waals surface area contributed by atoms with Crippen LogP contribution in [0.5, 0.6) is 0 Å². The van der Waals surface area contributed by atoms with Gasteiger partial charge in [0.1, 0.15) is 5.82 Å². The standard InChI is InChI=1S/C19H28FN3O3S/c20-17-6-8-18(9-7-17)27(25,26)23-14-12-22(13-15-23)19(24)16-21-10-4-2-1-3-5-11-21/h6-9H,1-5,10-16H2. The van der Waals surface area contributed by atoms with E-state index in [1.807, 2.05) is 0 Å². The Bertz CT molecular complexity index is 723. The number of rotatable bonds is 4. The van der Waals surface area contributed by atoms with Crippen molar-refractivity contribution in [2.45, 2.75) is 37.0 Å². The molecule has 0 atom stereocenters. The Morgan fingerprint density at radius 2 is 1.41 bits per heavy atom. The van der Waals surface area contributed by atoms with E-state index in [1.165, 1.54) is 35.7 Å². The van der Waals surface area contributed by atoms with Crippen molar-refractivity contribution in [2.24, 2.45) is 0 Å². The minimum Gasteiger partial charge on any atom is -0.339 e. The van der Waals surface area contributed by atoms with E-state index in [9.17, 15) is 17.6 Å². The average Bonchev–Trinajstić information content (AvgIpc) is 2.64. The van der Waals surface area contributed by atoms with Gasteiger partial charge >= 0.3 is 0 Å². The summed E-state index contributed by atoms with van der Waals surface area (Å²) < 4.78 is 39.7. The highest BCUT2D eigenvalue weighted by Gasteiger charge is 2.30. The second kappa shape index (κ2) is 9.12. The van der Waals surface area contributed by atoms with Gasteiger partial charge in [0.25, 0.3) is 0 Å². The maximum absolute atomic E-state index is 13.0. The number of carbonyl (C=O) groups excluding carboxylic acids is 1. The van der Waals surface area contributed by atoms with Gasteiger partial charge in [0.05, 0.1) is 11.4 Å². The van der Waals surface area contributed by atoms with E-state index in [0.717, 1.165) is 38.1 Å². The van der Waals surface area contributed by atoms with Crippen LogP contribution in [0, 0.1) is 5.82 Å². The Morgan fingerprint density at radius 1 is 0.852 bits per heavy atom. The Morgan fingerprint density at radius 3 is 2.00 bits per heavy atom. The molecular formula is C19H28FN3O3S. The van der Waals surface area contributed by atoms with Gasteiger partial charge in [-0.2, -0.15) is 4.31 Å². The van der Waals surface area contributed by atoms with E-state index in [2.05, 4.69) is 4.90 Å². The van der Waals surface area contributed by atoms with Gasteiger partial charge in [0.15, 0.2) is 0 Å². The van der Waals surface area contributed by atoms with Crippen LogP contribution in [0.3, 0.4) is 0 Å². The smallest absolute Gasteiger partial charge is 0.243 e. The fourth-order valence-electron chi connectivity index (χ4n) is 3.70. The summed E-state index contributed by atoms with van der Waals surface area (Å²) >= 11 is 0. The third-order valence-corrected chi connectivity index (χ3v) is 7.26. The number of likely N-dealkylation sites (tertiary alicyclic amines) is 1. The fraction of sp³-hybridized carbons (Fsp3) is 0.632. The first-order valence-corrected chi connectivity index (χ1v) is 11.2. The zero-order valence-corrected chi connectivity index (χ0v) is 16.5. The molecule has 0 spiro atoms. The van der Waals surface area contributed by atoms with E-state index < -0.39 is 15.8 Å². The second-order valence-electron chi connectivity index (χ2n) is 7.28. The molecule has 2 heterocycles. The summed E-state index contributed by atoms with van der Waals surface area (Å²) in [5.41, 5.74) is 0. The lowest BCUT2D eigenvalue weighted by molar-refractivity contribution is -0.133. The number of hydrogen-bond donors (Lipinski definition) is 0. The maximum atomic E-state index is 13.0. The van der Waals surface area contributed by atoms with Crippen molar-refractivity contribution in [3.05, 3.63) is 30.1 Å². The Hall–Kier alpha value is -1.51. The molecule has 2 aliphatic heterocycles. The van der Waals surface area contributed by atoms with Gasteiger partial charge in [-0.25, -0.2) is 12.8 Å². The highest BCUT2D eigenvalue weighted by atomic mass is 32.2. The summed E-state index contributed by atoms with van der Waals surface area (Å²) in [5, 5.41) is 0. The van der Waals surface area contributed by atoms with E-state index in [0.29, 0.717) is 19.6 Å². The van der Waals surface area contributed by atoms with Crippen molar-refractivity contribution < 1.29 is 17.6 Å². The average molecular weight is 398 g/mol. The normalized spacial score (nSPS) is 20.9. The van der Waals surface area contributed by atoms with Crippen LogP contribution >= 0.6 is 0 Å². The van der Waals surface area contributed by atoms with Gasteiger partial charge in [-0.3, -0.25) is 9.69 Å². The maximum Gasteiger partial charge on any atom is 0.243 e. The molecule has 1 aromatic carbocycles. The highest BCUT2D eigenvalue weighted by molar-refractivity contribution is 7.89. The number of nitrogens with zero attached hydrogens (tertiary/aromatic N) is 3. The molecule has 0 N–H and O–H groups in total. The monoisotopic (exact) mass is 397 g/mol.